The molecule has 1 heterocycles. The number of ether oxygens (including phenoxy) is 1. The van der Waals surface area contributed by atoms with E-state index in [2.05, 4.69) is 5.32 Å². The van der Waals surface area contributed by atoms with Gasteiger partial charge in [0.25, 0.3) is 0 Å². The molecule has 0 aromatic carbocycles. The van der Waals surface area contributed by atoms with Gasteiger partial charge >= 0.3 is 12.0 Å². The Morgan fingerprint density at radius 2 is 2.16 bits per heavy atom. The highest BCUT2D eigenvalue weighted by Crippen LogP contribution is 2.32. The molecule has 1 aliphatic carbocycles. The highest BCUT2D eigenvalue weighted by Gasteiger charge is 2.47. The van der Waals surface area contributed by atoms with Crippen LogP contribution in [0, 0.1) is 0 Å². The van der Waals surface area contributed by atoms with E-state index in [1.807, 2.05) is 6.92 Å². The number of rotatable bonds is 3. The van der Waals surface area contributed by atoms with Gasteiger partial charge in [-0.2, -0.15) is 0 Å². The van der Waals surface area contributed by atoms with Crippen molar-refractivity contribution in [2.45, 2.75) is 43.9 Å². The highest BCUT2D eigenvalue weighted by molar-refractivity contribution is 5.87. The molecule has 1 saturated heterocycles. The molecule has 2 fully saturated rings. The van der Waals surface area contributed by atoms with Gasteiger partial charge in [-0.25, -0.2) is 9.59 Å². The molecule has 2 rings (SSSR count). The van der Waals surface area contributed by atoms with E-state index in [0.717, 1.165) is 6.42 Å². The van der Waals surface area contributed by atoms with E-state index in [4.69, 9.17) is 9.84 Å². The van der Waals surface area contributed by atoms with Crippen LogP contribution < -0.4 is 5.32 Å². The number of nitrogens with zero attached hydrogens (tertiary/aromatic N) is 1. The van der Waals surface area contributed by atoms with E-state index >= 15 is 0 Å². The van der Waals surface area contributed by atoms with Gasteiger partial charge in [-0.05, 0) is 26.2 Å². The maximum Gasteiger partial charge on any atom is 0.329 e. The Balaban J connectivity index is 2.00. The molecule has 108 valence electrons. The Bertz CT molecular complexity index is 369. The molecular weight excluding hydrogens is 252 g/mol. The molecule has 2 aliphatic rings. The average Bonchev–Trinajstić information content (AvgIpc) is 2.33. The molecule has 7 heteroatoms. The number of carboxylic acid groups (broad SMARTS) is 1. The van der Waals surface area contributed by atoms with Gasteiger partial charge in [-0.15, -0.1) is 0 Å². The number of amides is 2. The number of aliphatic hydroxyl groups is 1. The first kappa shape index (κ1) is 14.1. The third-order valence-corrected chi connectivity index (χ3v) is 3.93. The number of carbonyl (C=O) groups is 2. The fraction of sp³-hybridized carbons (Fsp3) is 0.833. The summed E-state index contributed by atoms with van der Waals surface area (Å²) in [6.45, 7) is 2.31. The van der Waals surface area contributed by atoms with Crippen LogP contribution in [-0.2, 0) is 9.53 Å². The number of urea groups is 1. The van der Waals surface area contributed by atoms with Crippen molar-refractivity contribution in [3.63, 3.8) is 0 Å². The molecule has 0 bridgehead atoms. The van der Waals surface area contributed by atoms with E-state index in [9.17, 15) is 14.7 Å². The van der Waals surface area contributed by atoms with Crippen molar-refractivity contribution in [1.82, 2.24) is 10.2 Å². The predicted octanol–water partition coefficient (Wildman–Crippen LogP) is -0.215. The fourth-order valence-corrected chi connectivity index (χ4v) is 2.41. The van der Waals surface area contributed by atoms with Crippen LogP contribution in [0.3, 0.4) is 0 Å². The van der Waals surface area contributed by atoms with Crippen molar-refractivity contribution in [3.8, 4) is 0 Å². The van der Waals surface area contributed by atoms with Crippen molar-refractivity contribution < 1.29 is 24.5 Å². The topological polar surface area (TPSA) is 99.1 Å². The van der Waals surface area contributed by atoms with Crippen LogP contribution in [0.15, 0.2) is 0 Å². The summed E-state index contributed by atoms with van der Waals surface area (Å²) in [5.74, 6) is -0.980. The van der Waals surface area contributed by atoms with Crippen molar-refractivity contribution in [2.24, 2.45) is 0 Å². The first-order chi connectivity index (χ1) is 8.98. The van der Waals surface area contributed by atoms with Crippen LogP contribution in [0.1, 0.15) is 26.2 Å². The molecule has 0 spiro atoms. The lowest BCUT2D eigenvalue weighted by Gasteiger charge is -2.43. The lowest BCUT2D eigenvalue weighted by Crippen LogP contribution is -2.64. The first-order valence-electron chi connectivity index (χ1n) is 6.53. The number of hydrogen-bond acceptors (Lipinski definition) is 4. The summed E-state index contributed by atoms with van der Waals surface area (Å²) in [6, 6.07) is -0.523. The average molecular weight is 272 g/mol. The predicted molar refractivity (Wildman–Crippen MR) is 65.7 cm³/mol. The number of carbonyl (C=O) groups excluding carboxylic acids is 1. The van der Waals surface area contributed by atoms with E-state index in [1.165, 1.54) is 4.90 Å². The Labute approximate surface area is 111 Å². The van der Waals surface area contributed by atoms with Gasteiger partial charge in [-0.3, -0.25) is 0 Å². The smallest absolute Gasteiger partial charge is 0.329 e. The normalized spacial score (nSPS) is 29.5. The summed E-state index contributed by atoms with van der Waals surface area (Å²) in [5, 5.41) is 20.9. The quantitative estimate of drug-likeness (QED) is 0.660. The molecule has 2 unspecified atom stereocenters. The van der Waals surface area contributed by atoms with E-state index in [-0.39, 0.29) is 19.2 Å². The van der Waals surface area contributed by atoms with Crippen LogP contribution in [0.25, 0.3) is 0 Å². The molecular formula is C12H20N2O5. The maximum absolute atomic E-state index is 12.2. The van der Waals surface area contributed by atoms with Crippen LogP contribution in [0.5, 0.6) is 0 Å². The van der Waals surface area contributed by atoms with Gasteiger partial charge in [0.1, 0.15) is 5.54 Å². The Morgan fingerprint density at radius 1 is 1.47 bits per heavy atom. The number of aliphatic carboxylic acids is 1. The minimum absolute atomic E-state index is 0.131. The van der Waals surface area contributed by atoms with Gasteiger partial charge in [0, 0.05) is 0 Å². The Morgan fingerprint density at radius 3 is 2.63 bits per heavy atom. The molecule has 2 atom stereocenters. The Hall–Kier alpha value is -1.34. The minimum atomic E-state index is -1.11. The second kappa shape index (κ2) is 5.34. The maximum atomic E-state index is 12.2. The molecule has 1 aliphatic heterocycles. The van der Waals surface area contributed by atoms with Gasteiger partial charge in [0.15, 0.2) is 0 Å². The largest absolute Gasteiger partial charge is 0.480 e. The Kier molecular flexibility index (Phi) is 3.96. The number of aliphatic hydroxyl groups excluding tert-OH is 1. The molecule has 7 nitrogen and oxygen atoms in total. The molecule has 1 saturated carbocycles. The number of morpholine rings is 1. The zero-order valence-corrected chi connectivity index (χ0v) is 11.0. The van der Waals surface area contributed by atoms with Crippen LogP contribution in [0.2, 0.25) is 0 Å². The van der Waals surface area contributed by atoms with Crippen LogP contribution in [-0.4, -0.2) is 64.6 Å². The first-order valence-corrected chi connectivity index (χ1v) is 6.53. The summed E-state index contributed by atoms with van der Waals surface area (Å²) in [4.78, 5) is 25.0. The zero-order chi connectivity index (χ0) is 14.0. The molecule has 0 radical (unpaired) electrons. The second-order valence-electron chi connectivity index (χ2n) is 5.31. The molecule has 0 aromatic rings. The van der Waals surface area contributed by atoms with Gasteiger partial charge < -0.3 is 25.2 Å². The molecule has 0 aromatic heterocycles. The molecule has 3 N–H and O–H groups in total. The number of carboxylic acids is 1. The fourth-order valence-electron chi connectivity index (χ4n) is 2.41. The SMILES string of the molecule is CC1COC(CO)CN1C(=O)NC1(C(=O)O)CCC1. The summed E-state index contributed by atoms with van der Waals surface area (Å²) in [5.41, 5.74) is -1.11. The second-order valence-corrected chi connectivity index (χ2v) is 5.31. The summed E-state index contributed by atoms with van der Waals surface area (Å²) in [6.07, 6.45) is 1.35. The van der Waals surface area contributed by atoms with Crippen LogP contribution in [0.4, 0.5) is 4.79 Å². The zero-order valence-electron chi connectivity index (χ0n) is 11.0. The lowest BCUT2D eigenvalue weighted by atomic mass is 9.77. The third kappa shape index (κ3) is 2.66. The summed E-state index contributed by atoms with van der Waals surface area (Å²) < 4.78 is 5.35. The monoisotopic (exact) mass is 272 g/mol. The standard InChI is InChI=1S/C12H20N2O5/c1-8-7-19-9(6-15)5-14(8)11(18)13-12(10(16)17)3-2-4-12/h8-9,15H,2-7H2,1H3,(H,13,18)(H,16,17). The number of hydrogen-bond donors (Lipinski definition) is 3. The van der Waals surface area contributed by atoms with Gasteiger partial charge in [-0.1, -0.05) is 0 Å². The van der Waals surface area contributed by atoms with Gasteiger partial charge in [0.05, 0.1) is 31.9 Å². The van der Waals surface area contributed by atoms with Crippen molar-refractivity contribution in [3.05, 3.63) is 0 Å². The molecule has 19 heavy (non-hydrogen) atoms. The molecule has 2 amide bonds. The third-order valence-electron chi connectivity index (χ3n) is 3.93. The highest BCUT2D eigenvalue weighted by atomic mass is 16.5. The number of nitrogens with one attached hydrogen (secondary N) is 1. The van der Waals surface area contributed by atoms with E-state index in [0.29, 0.717) is 19.4 Å². The summed E-state index contributed by atoms with van der Waals surface area (Å²) >= 11 is 0. The minimum Gasteiger partial charge on any atom is -0.480 e. The van der Waals surface area contributed by atoms with Crippen molar-refractivity contribution in [2.75, 3.05) is 19.8 Å². The van der Waals surface area contributed by atoms with Gasteiger partial charge in [0.2, 0.25) is 0 Å². The van der Waals surface area contributed by atoms with Crippen LogP contribution >= 0.6 is 0 Å². The summed E-state index contributed by atoms with van der Waals surface area (Å²) in [7, 11) is 0. The van der Waals surface area contributed by atoms with Crippen molar-refractivity contribution >= 4 is 12.0 Å². The van der Waals surface area contributed by atoms with E-state index < -0.39 is 23.6 Å². The van der Waals surface area contributed by atoms with E-state index in [1.54, 1.807) is 0 Å². The van der Waals surface area contributed by atoms with Crippen molar-refractivity contribution in [1.29, 1.82) is 0 Å². The lowest BCUT2D eigenvalue weighted by molar-refractivity contribution is -0.148.